The molecule has 194 valence electrons. The van der Waals surface area contributed by atoms with Gasteiger partial charge in [-0.1, -0.05) is 54.6 Å². The molecular formula is C31H35NO5. The zero-order valence-corrected chi connectivity index (χ0v) is 21.4. The molecule has 3 aliphatic rings. The van der Waals surface area contributed by atoms with Gasteiger partial charge in [-0.3, -0.25) is 4.79 Å². The van der Waals surface area contributed by atoms with Gasteiger partial charge in [-0.05, 0) is 67.0 Å². The van der Waals surface area contributed by atoms with Gasteiger partial charge in [0.2, 0.25) is 0 Å². The van der Waals surface area contributed by atoms with Crippen molar-refractivity contribution in [1.29, 1.82) is 0 Å². The minimum absolute atomic E-state index is 0.0248. The van der Waals surface area contributed by atoms with Gasteiger partial charge in [-0.25, -0.2) is 0 Å². The summed E-state index contributed by atoms with van der Waals surface area (Å²) in [6, 6.07) is 19.1. The smallest absolute Gasteiger partial charge is 0.311 e. The van der Waals surface area contributed by atoms with Crippen molar-refractivity contribution in [2.24, 2.45) is 5.92 Å². The first-order valence-corrected chi connectivity index (χ1v) is 13.4. The van der Waals surface area contributed by atoms with E-state index in [0.29, 0.717) is 6.54 Å². The Morgan fingerprint density at radius 2 is 1.95 bits per heavy atom. The number of nitrogens with one attached hydrogen (secondary N) is 1. The maximum atomic E-state index is 11.6. The van der Waals surface area contributed by atoms with Crippen LogP contribution in [0.4, 0.5) is 0 Å². The summed E-state index contributed by atoms with van der Waals surface area (Å²) < 4.78 is 12.1. The number of aliphatic hydroxyl groups is 1. The van der Waals surface area contributed by atoms with E-state index in [1.165, 1.54) is 22.8 Å². The van der Waals surface area contributed by atoms with Gasteiger partial charge >= 0.3 is 5.97 Å². The Morgan fingerprint density at radius 3 is 2.68 bits per heavy atom. The number of carboxylic acid groups (broad SMARTS) is 1. The molecule has 3 aromatic rings. The molecule has 5 atom stereocenters. The molecule has 37 heavy (non-hydrogen) atoms. The van der Waals surface area contributed by atoms with E-state index in [-0.39, 0.29) is 30.3 Å². The number of aryl methyl sites for hydroxylation is 1. The van der Waals surface area contributed by atoms with Crippen LogP contribution in [-0.2, 0) is 16.0 Å². The van der Waals surface area contributed by atoms with Crippen molar-refractivity contribution in [1.82, 2.24) is 5.32 Å². The fourth-order valence-corrected chi connectivity index (χ4v) is 6.28. The van der Waals surface area contributed by atoms with E-state index in [1.807, 2.05) is 26.0 Å². The quantitative estimate of drug-likeness (QED) is 0.366. The van der Waals surface area contributed by atoms with E-state index < -0.39 is 18.0 Å². The SMILES string of the molecule is Cc1ccc([C@@H](C)OC[C@H](O)CNC2(Cc3ccc4ccccc4c3)CCC2)c2c1O[C@H]1[C@H](C(=O)O)[C@@H]21. The molecule has 0 radical (unpaired) electrons. The molecule has 0 aromatic heterocycles. The minimum atomic E-state index is -0.809. The third-order valence-corrected chi connectivity index (χ3v) is 8.61. The predicted octanol–water partition coefficient (Wildman–Crippen LogP) is 4.90. The average Bonchev–Trinajstić information content (AvgIpc) is 3.46. The molecule has 0 amide bonds. The second-order valence-corrected chi connectivity index (χ2v) is 11.2. The molecule has 3 N–H and O–H groups in total. The second-order valence-electron chi connectivity index (χ2n) is 11.2. The summed E-state index contributed by atoms with van der Waals surface area (Å²) in [6.07, 6.45) is 3.19. The lowest BCUT2D eigenvalue weighted by molar-refractivity contribution is -0.139. The van der Waals surface area contributed by atoms with Gasteiger partial charge in [0.15, 0.2) is 0 Å². The molecule has 2 aliphatic carbocycles. The average molecular weight is 502 g/mol. The number of aliphatic hydroxyl groups excluding tert-OH is 1. The molecule has 0 spiro atoms. The van der Waals surface area contributed by atoms with Crippen LogP contribution in [-0.4, -0.2) is 47.1 Å². The lowest BCUT2D eigenvalue weighted by Gasteiger charge is -2.44. The normalized spacial score (nSPS) is 24.5. The zero-order valence-electron chi connectivity index (χ0n) is 21.4. The molecule has 2 fully saturated rings. The number of fused-ring (bicyclic) bond motifs is 4. The number of aliphatic carboxylic acids is 1. The molecular weight excluding hydrogens is 466 g/mol. The minimum Gasteiger partial charge on any atom is -0.488 e. The van der Waals surface area contributed by atoms with Crippen LogP contribution >= 0.6 is 0 Å². The van der Waals surface area contributed by atoms with Crippen molar-refractivity contribution in [2.45, 2.75) is 69.3 Å². The van der Waals surface area contributed by atoms with Crippen LogP contribution in [0, 0.1) is 12.8 Å². The Kier molecular flexibility index (Phi) is 6.22. The third-order valence-electron chi connectivity index (χ3n) is 8.61. The molecule has 1 aliphatic heterocycles. The van der Waals surface area contributed by atoms with Gasteiger partial charge in [0, 0.05) is 23.6 Å². The van der Waals surface area contributed by atoms with E-state index in [0.717, 1.165) is 41.7 Å². The summed E-state index contributed by atoms with van der Waals surface area (Å²) in [4.78, 5) is 11.6. The van der Waals surface area contributed by atoms with Crippen molar-refractivity contribution in [2.75, 3.05) is 13.2 Å². The first-order chi connectivity index (χ1) is 17.8. The van der Waals surface area contributed by atoms with Crippen molar-refractivity contribution in [3.8, 4) is 5.75 Å². The van der Waals surface area contributed by atoms with Gasteiger partial charge in [0.25, 0.3) is 0 Å². The summed E-state index contributed by atoms with van der Waals surface area (Å²) in [5.74, 6) is -0.579. The van der Waals surface area contributed by atoms with Crippen LogP contribution in [0.5, 0.6) is 5.75 Å². The molecule has 1 heterocycles. The van der Waals surface area contributed by atoms with E-state index >= 15 is 0 Å². The van der Waals surface area contributed by atoms with Gasteiger partial charge in [-0.15, -0.1) is 0 Å². The first-order valence-electron chi connectivity index (χ1n) is 13.4. The maximum absolute atomic E-state index is 11.6. The molecule has 0 bridgehead atoms. The fourth-order valence-electron chi connectivity index (χ4n) is 6.28. The van der Waals surface area contributed by atoms with Crippen molar-refractivity contribution >= 4 is 16.7 Å². The van der Waals surface area contributed by atoms with E-state index in [4.69, 9.17) is 9.47 Å². The van der Waals surface area contributed by atoms with E-state index in [1.54, 1.807) is 0 Å². The molecule has 6 nitrogen and oxygen atoms in total. The number of carboxylic acids is 1. The highest BCUT2D eigenvalue weighted by Crippen LogP contribution is 2.61. The summed E-state index contributed by atoms with van der Waals surface area (Å²) in [7, 11) is 0. The Morgan fingerprint density at radius 1 is 1.16 bits per heavy atom. The highest BCUT2D eigenvalue weighted by Gasteiger charge is 2.64. The molecule has 6 rings (SSSR count). The maximum Gasteiger partial charge on any atom is 0.311 e. The Balaban J connectivity index is 1.06. The highest BCUT2D eigenvalue weighted by atomic mass is 16.5. The van der Waals surface area contributed by atoms with Crippen LogP contribution in [0.25, 0.3) is 10.8 Å². The molecule has 0 unspecified atom stereocenters. The summed E-state index contributed by atoms with van der Waals surface area (Å²) in [6.45, 7) is 4.63. The number of ether oxygens (including phenoxy) is 2. The van der Waals surface area contributed by atoms with E-state index in [2.05, 4.69) is 47.8 Å². The number of carbonyl (C=O) groups is 1. The molecule has 6 heteroatoms. The van der Waals surface area contributed by atoms with Crippen molar-refractivity contribution < 1.29 is 24.5 Å². The summed E-state index contributed by atoms with van der Waals surface area (Å²) >= 11 is 0. The fraction of sp³-hybridized carbons (Fsp3) is 0.452. The van der Waals surface area contributed by atoms with Crippen molar-refractivity contribution in [3.05, 3.63) is 76.9 Å². The van der Waals surface area contributed by atoms with Gasteiger partial charge < -0.3 is 25.0 Å². The lowest BCUT2D eigenvalue weighted by Crippen LogP contribution is -2.55. The zero-order chi connectivity index (χ0) is 25.7. The summed E-state index contributed by atoms with van der Waals surface area (Å²) in [5.41, 5.74) is 4.30. The summed E-state index contributed by atoms with van der Waals surface area (Å²) in [5, 5.41) is 26.4. The third kappa shape index (κ3) is 4.52. The number of hydrogen-bond acceptors (Lipinski definition) is 5. The topological polar surface area (TPSA) is 88.0 Å². The Bertz CT molecular complexity index is 1330. The Labute approximate surface area is 217 Å². The molecule has 0 saturated heterocycles. The second kappa shape index (κ2) is 9.43. The van der Waals surface area contributed by atoms with Gasteiger partial charge in [0.1, 0.15) is 17.8 Å². The number of β-amino-alcohol motifs (C(OH)–C–C–N with tert-alkyl or cyclic N) is 1. The van der Waals surface area contributed by atoms with Crippen LogP contribution in [0.2, 0.25) is 0 Å². The predicted molar refractivity (Wildman–Crippen MR) is 142 cm³/mol. The van der Waals surface area contributed by atoms with Gasteiger partial charge in [-0.2, -0.15) is 0 Å². The Hall–Kier alpha value is -2.93. The van der Waals surface area contributed by atoms with Crippen molar-refractivity contribution in [3.63, 3.8) is 0 Å². The monoisotopic (exact) mass is 501 g/mol. The highest BCUT2D eigenvalue weighted by molar-refractivity contribution is 5.83. The van der Waals surface area contributed by atoms with Crippen LogP contribution in [0.15, 0.2) is 54.6 Å². The van der Waals surface area contributed by atoms with E-state index in [9.17, 15) is 15.0 Å². The standard InChI is InChI=1S/C31H35NO5/c1-18-8-11-24(25-26-27(30(34)35)29(26)37-28(18)25)19(2)36-17-23(33)16-32-31(12-5-13-31)15-20-9-10-21-6-3-4-7-22(21)14-20/h3-4,6-11,14,19,23,26-27,29,32-33H,5,12-13,15-17H2,1-2H3,(H,34,35)/t19-,23-,26-,27-,29-/m1/s1. The first kappa shape index (κ1) is 24.4. The number of benzene rings is 3. The van der Waals surface area contributed by atoms with Crippen LogP contribution < -0.4 is 10.1 Å². The van der Waals surface area contributed by atoms with Crippen LogP contribution in [0.1, 0.15) is 60.5 Å². The van der Waals surface area contributed by atoms with Crippen LogP contribution in [0.3, 0.4) is 0 Å². The lowest BCUT2D eigenvalue weighted by atomic mass is 9.72. The molecule has 2 saturated carbocycles. The largest absolute Gasteiger partial charge is 0.488 e. The van der Waals surface area contributed by atoms with Gasteiger partial charge in [0.05, 0.1) is 18.8 Å². The number of hydrogen-bond donors (Lipinski definition) is 3. The molecule has 3 aromatic carbocycles. The number of rotatable bonds is 10.